The molecule has 1 aliphatic rings. The lowest BCUT2D eigenvalue weighted by atomic mass is 9.98. The minimum absolute atomic E-state index is 0.190. The van der Waals surface area contributed by atoms with Crippen LogP contribution < -0.4 is 0 Å². The first-order valence-electron chi connectivity index (χ1n) is 7.21. The summed E-state index contributed by atoms with van der Waals surface area (Å²) in [6, 6.07) is 8.55. The number of nitrogens with zero attached hydrogens (tertiary/aromatic N) is 3. The van der Waals surface area contributed by atoms with Crippen molar-refractivity contribution in [3.63, 3.8) is 0 Å². The Morgan fingerprint density at radius 3 is 2.62 bits per heavy atom. The molecular formula is C16H10BrClF3N3. The predicted molar refractivity (Wildman–Crippen MR) is 88.0 cm³/mol. The third-order valence-electron chi connectivity index (χ3n) is 4.18. The highest BCUT2D eigenvalue weighted by atomic mass is 79.9. The number of pyridine rings is 1. The van der Waals surface area contributed by atoms with Gasteiger partial charge in [-0.2, -0.15) is 13.2 Å². The largest absolute Gasteiger partial charge is 0.416 e. The van der Waals surface area contributed by atoms with E-state index in [9.17, 15) is 13.2 Å². The number of fused-ring (bicyclic) bond motifs is 3. The lowest BCUT2D eigenvalue weighted by Crippen LogP contribution is -2.15. The van der Waals surface area contributed by atoms with Crippen LogP contribution in [0, 0.1) is 0 Å². The van der Waals surface area contributed by atoms with E-state index in [0.717, 1.165) is 6.07 Å². The van der Waals surface area contributed by atoms with E-state index in [1.807, 2.05) is 0 Å². The number of aromatic nitrogens is 3. The zero-order valence-electron chi connectivity index (χ0n) is 12.1. The minimum atomic E-state index is -4.43. The third-order valence-corrected chi connectivity index (χ3v) is 4.99. The van der Waals surface area contributed by atoms with Crippen LogP contribution in [0.4, 0.5) is 13.2 Å². The van der Waals surface area contributed by atoms with Crippen molar-refractivity contribution in [2.24, 2.45) is 0 Å². The summed E-state index contributed by atoms with van der Waals surface area (Å²) in [6.07, 6.45) is -4.08. The molecule has 0 N–H and O–H groups in total. The second-order valence-electron chi connectivity index (χ2n) is 5.62. The molecule has 3 aromatic rings. The molecule has 0 saturated carbocycles. The predicted octanol–water partition coefficient (Wildman–Crippen LogP) is 5.49. The fourth-order valence-electron chi connectivity index (χ4n) is 3.22. The summed E-state index contributed by atoms with van der Waals surface area (Å²) in [6.45, 7) is 0. The zero-order valence-corrected chi connectivity index (χ0v) is 14.4. The van der Waals surface area contributed by atoms with Crippen molar-refractivity contribution in [1.82, 2.24) is 14.5 Å². The van der Waals surface area contributed by atoms with Crippen LogP contribution in [0.25, 0.3) is 11.2 Å². The molecule has 0 bridgehead atoms. The molecule has 124 valence electrons. The van der Waals surface area contributed by atoms with Crippen LogP contribution in [0.15, 0.2) is 41.0 Å². The maximum absolute atomic E-state index is 13.4. The first-order chi connectivity index (χ1) is 11.4. The van der Waals surface area contributed by atoms with Gasteiger partial charge in [0.2, 0.25) is 0 Å². The molecule has 0 spiro atoms. The van der Waals surface area contributed by atoms with Gasteiger partial charge >= 0.3 is 6.18 Å². The second kappa shape index (κ2) is 5.46. The van der Waals surface area contributed by atoms with E-state index in [0.29, 0.717) is 28.0 Å². The van der Waals surface area contributed by atoms with Crippen LogP contribution in [0.5, 0.6) is 0 Å². The van der Waals surface area contributed by atoms with Gasteiger partial charge in [-0.25, -0.2) is 9.97 Å². The average Bonchev–Trinajstić information content (AvgIpc) is 3.04. The SMILES string of the molecule is FC(F)(F)c1ccccc1C1CC(Cl)c2nc3ccc(Br)nc3n21. The molecular weight excluding hydrogens is 407 g/mol. The van der Waals surface area contributed by atoms with E-state index in [2.05, 4.69) is 25.9 Å². The Hall–Kier alpha value is -1.60. The highest BCUT2D eigenvalue weighted by Gasteiger charge is 2.40. The van der Waals surface area contributed by atoms with Gasteiger partial charge in [0.25, 0.3) is 0 Å². The number of halogens is 5. The van der Waals surface area contributed by atoms with Gasteiger partial charge in [0.05, 0.1) is 17.0 Å². The minimum Gasteiger partial charge on any atom is -0.304 e. The van der Waals surface area contributed by atoms with E-state index in [1.165, 1.54) is 12.1 Å². The van der Waals surface area contributed by atoms with Crippen molar-refractivity contribution in [1.29, 1.82) is 0 Å². The first kappa shape index (κ1) is 15.9. The molecule has 0 radical (unpaired) electrons. The van der Waals surface area contributed by atoms with Gasteiger partial charge in [-0.3, -0.25) is 0 Å². The van der Waals surface area contributed by atoms with Crippen molar-refractivity contribution in [3.05, 3.63) is 58.0 Å². The number of imidazole rings is 1. The number of hydrogen-bond donors (Lipinski definition) is 0. The Bertz CT molecular complexity index is 938. The van der Waals surface area contributed by atoms with Crippen LogP contribution in [0.1, 0.15) is 34.8 Å². The monoisotopic (exact) mass is 415 g/mol. The molecule has 3 nitrogen and oxygen atoms in total. The smallest absolute Gasteiger partial charge is 0.304 e. The summed E-state index contributed by atoms with van der Waals surface area (Å²) in [7, 11) is 0. The van der Waals surface area contributed by atoms with Gasteiger partial charge < -0.3 is 4.57 Å². The standard InChI is InChI=1S/C16H10BrClF3N3/c17-13-6-5-11-15(23-13)24-12(7-10(18)14(24)22-11)8-3-1-2-4-9(8)16(19,20)21/h1-6,10,12H,7H2. The first-order valence-corrected chi connectivity index (χ1v) is 8.44. The summed E-state index contributed by atoms with van der Waals surface area (Å²) in [5, 5.41) is -0.454. The molecule has 0 saturated heterocycles. The third kappa shape index (κ3) is 2.41. The molecule has 2 atom stereocenters. The normalized spacial score (nSPS) is 20.5. The van der Waals surface area contributed by atoms with Crippen LogP contribution in [-0.4, -0.2) is 14.5 Å². The van der Waals surface area contributed by atoms with Gasteiger partial charge in [-0.1, -0.05) is 18.2 Å². The van der Waals surface area contributed by atoms with Crippen LogP contribution >= 0.6 is 27.5 Å². The maximum atomic E-state index is 13.4. The summed E-state index contributed by atoms with van der Waals surface area (Å²) in [4.78, 5) is 8.84. The molecule has 8 heteroatoms. The molecule has 3 heterocycles. The zero-order chi connectivity index (χ0) is 17.1. The summed E-state index contributed by atoms with van der Waals surface area (Å²) >= 11 is 9.66. The van der Waals surface area contributed by atoms with Crippen molar-refractivity contribution in [2.45, 2.75) is 24.0 Å². The molecule has 24 heavy (non-hydrogen) atoms. The highest BCUT2D eigenvalue weighted by molar-refractivity contribution is 9.10. The molecule has 2 aromatic heterocycles. The van der Waals surface area contributed by atoms with Crippen molar-refractivity contribution >= 4 is 38.7 Å². The fourth-order valence-corrected chi connectivity index (χ4v) is 3.84. The van der Waals surface area contributed by atoms with E-state index < -0.39 is 23.2 Å². The van der Waals surface area contributed by atoms with Gasteiger partial charge in [0.15, 0.2) is 5.65 Å². The molecule has 4 rings (SSSR count). The summed E-state index contributed by atoms with van der Waals surface area (Å²) in [5.74, 6) is 0.555. The van der Waals surface area contributed by atoms with Gasteiger partial charge in [-0.15, -0.1) is 11.6 Å². The molecule has 0 amide bonds. The lowest BCUT2D eigenvalue weighted by Gasteiger charge is -2.19. The Morgan fingerprint density at radius 1 is 1.12 bits per heavy atom. The number of benzene rings is 1. The number of rotatable bonds is 1. The molecule has 1 aliphatic heterocycles. The van der Waals surface area contributed by atoms with Gasteiger partial charge in [0, 0.05) is 0 Å². The summed E-state index contributed by atoms with van der Waals surface area (Å²) < 4.78 is 42.5. The Labute approximate surface area is 148 Å². The Kier molecular flexibility index (Phi) is 3.61. The van der Waals surface area contributed by atoms with Crippen molar-refractivity contribution in [2.75, 3.05) is 0 Å². The van der Waals surface area contributed by atoms with Crippen LogP contribution in [0.3, 0.4) is 0 Å². The van der Waals surface area contributed by atoms with E-state index >= 15 is 0 Å². The number of hydrogen-bond acceptors (Lipinski definition) is 2. The van der Waals surface area contributed by atoms with E-state index in [1.54, 1.807) is 22.8 Å². The van der Waals surface area contributed by atoms with Crippen molar-refractivity contribution < 1.29 is 13.2 Å². The quantitative estimate of drug-likeness (QED) is 0.388. The van der Waals surface area contributed by atoms with Crippen LogP contribution in [0.2, 0.25) is 0 Å². The van der Waals surface area contributed by atoms with Crippen molar-refractivity contribution in [3.8, 4) is 0 Å². The molecule has 2 unspecified atom stereocenters. The maximum Gasteiger partial charge on any atom is 0.416 e. The Morgan fingerprint density at radius 2 is 1.88 bits per heavy atom. The topological polar surface area (TPSA) is 30.7 Å². The number of alkyl halides is 4. The average molecular weight is 417 g/mol. The van der Waals surface area contributed by atoms with E-state index in [4.69, 9.17) is 11.6 Å². The molecule has 0 fully saturated rings. The van der Waals surface area contributed by atoms with E-state index in [-0.39, 0.29) is 5.56 Å². The Balaban J connectivity index is 1.96. The van der Waals surface area contributed by atoms with Gasteiger partial charge in [-0.05, 0) is 46.1 Å². The lowest BCUT2D eigenvalue weighted by molar-refractivity contribution is -0.138. The van der Waals surface area contributed by atoms with Crippen LogP contribution in [-0.2, 0) is 6.18 Å². The fraction of sp³-hybridized carbons (Fsp3) is 0.250. The summed E-state index contributed by atoms with van der Waals surface area (Å²) in [5.41, 5.74) is 0.691. The second-order valence-corrected chi connectivity index (χ2v) is 6.96. The van der Waals surface area contributed by atoms with Gasteiger partial charge in [0.1, 0.15) is 15.9 Å². The highest BCUT2D eigenvalue weighted by Crippen LogP contribution is 2.46. The molecule has 0 aliphatic carbocycles. The molecule has 1 aromatic carbocycles.